The van der Waals surface area contributed by atoms with E-state index in [4.69, 9.17) is 0 Å². The maximum Gasteiger partial charge on any atom is 0.325 e. The van der Waals surface area contributed by atoms with Crippen LogP contribution in [0.2, 0.25) is 0 Å². The fraction of sp³-hybridized carbons (Fsp3) is 0.263. The van der Waals surface area contributed by atoms with Crippen LogP contribution in [0.4, 0.5) is 4.79 Å². The van der Waals surface area contributed by atoms with Crippen molar-refractivity contribution in [1.29, 1.82) is 0 Å². The van der Waals surface area contributed by atoms with Crippen molar-refractivity contribution >= 4 is 34.9 Å². The molecule has 0 aromatic carbocycles. The first-order valence-electron chi connectivity index (χ1n) is 9.09. The molecule has 11 heteroatoms. The Morgan fingerprint density at radius 3 is 2.77 bits per heavy atom. The highest BCUT2D eigenvalue weighted by Gasteiger charge is 2.34. The van der Waals surface area contributed by atoms with Gasteiger partial charge in [-0.3, -0.25) is 34.0 Å². The van der Waals surface area contributed by atoms with E-state index in [0.29, 0.717) is 21.7 Å². The number of imide groups is 1. The molecule has 0 saturated carbocycles. The van der Waals surface area contributed by atoms with Crippen molar-refractivity contribution in [3.05, 3.63) is 67.1 Å². The first-order valence-corrected chi connectivity index (χ1v) is 9.91. The lowest BCUT2D eigenvalue weighted by Crippen LogP contribution is -2.37. The first-order chi connectivity index (χ1) is 14.3. The summed E-state index contributed by atoms with van der Waals surface area (Å²) in [4.78, 5) is 69.5. The number of amides is 3. The smallest absolute Gasteiger partial charge is 0.325 e. The van der Waals surface area contributed by atoms with Gasteiger partial charge in [0.15, 0.2) is 0 Å². The van der Waals surface area contributed by atoms with Gasteiger partial charge in [-0.1, -0.05) is 6.07 Å². The molecule has 0 bridgehead atoms. The SMILES string of the molecule is Cc1[nH]c(=O)[nH]c(=O)c1CCC(=O)NCCN1C(=O)S/C(=C/c2cccnc2)C1=O. The summed E-state index contributed by atoms with van der Waals surface area (Å²) in [5, 5.41) is 2.22. The summed E-state index contributed by atoms with van der Waals surface area (Å²) < 4.78 is 0. The summed E-state index contributed by atoms with van der Waals surface area (Å²) in [6.45, 7) is 1.72. The third kappa shape index (κ3) is 5.11. The lowest BCUT2D eigenvalue weighted by molar-refractivity contribution is -0.124. The number of thioether (sulfide) groups is 1. The van der Waals surface area contributed by atoms with E-state index in [2.05, 4.69) is 20.3 Å². The Morgan fingerprint density at radius 2 is 2.07 bits per heavy atom. The Bertz CT molecular complexity index is 1120. The fourth-order valence-electron chi connectivity index (χ4n) is 2.87. The van der Waals surface area contributed by atoms with Gasteiger partial charge in [-0.15, -0.1) is 0 Å². The van der Waals surface area contributed by atoms with E-state index < -0.39 is 22.4 Å². The number of hydrogen-bond donors (Lipinski definition) is 3. The van der Waals surface area contributed by atoms with Crippen molar-refractivity contribution in [3.8, 4) is 0 Å². The predicted octanol–water partition coefficient (Wildman–Crippen LogP) is 0.552. The number of aryl methyl sites for hydroxylation is 1. The number of H-pyrrole nitrogens is 2. The fourth-order valence-corrected chi connectivity index (χ4v) is 3.73. The zero-order chi connectivity index (χ0) is 21.7. The van der Waals surface area contributed by atoms with Crippen LogP contribution >= 0.6 is 11.8 Å². The van der Waals surface area contributed by atoms with Crippen LogP contribution in [-0.4, -0.2) is 50.0 Å². The van der Waals surface area contributed by atoms with Crippen molar-refractivity contribution < 1.29 is 14.4 Å². The average Bonchev–Trinajstić information content (AvgIpc) is 2.95. The van der Waals surface area contributed by atoms with E-state index in [9.17, 15) is 24.0 Å². The quantitative estimate of drug-likeness (QED) is 0.545. The maximum atomic E-state index is 12.4. The first kappa shape index (κ1) is 21.2. The number of carbonyl (C=O) groups is 3. The Kier molecular flexibility index (Phi) is 6.62. The lowest BCUT2D eigenvalue weighted by Gasteiger charge is -2.13. The molecule has 0 spiro atoms. The minimum atomic E-state index is -0.597. The molecule has 2 aromatic heterocycles. The molecule has 10 nitrogen and oxygen atoms in total. The van der Waals surface area contributed by atoms with Gasteiger partial charge in [0.1, 0.15) is 0 Å². The van der Waals surface area contributed by atoms with E-state index in [1.165, 1.54) is 0 Å². The minimum Gasteiger partial charge on any atom is -0.354 e. The Labute approximate surface area is 174 Å². The number of aromatic amines is 2. The molecule has 0 unspecified atom stereocenters. The van der Waals surface area contributed by atoms with E-state index in [-0.39, 0.29) is 31.8 Å². The molecule has 3 heterocycles. The molecule has 3 rings (SSSR count). The van der Waals surface area contributed by atoms with Crippen LogP contribution < -0.4 is 16.6 Å². The molecule has 0 atom stereocenters. The van der Waals surface area contributed by atoms with Gasteiger partial charge in [0.2, 0.25) is 5.91 Å². The summed E-state index contributed by atoms with van der Waals surface area (Å²) >= 11 is 0.838. The van der Waals surface area contributed by atoms with Crippen LogP contribution in [0.5, 0.6) is 0 Å². The van der Waals surface area contributed by atoms with Gasteiger partial charge in [0.25, 0.3) is 16.7 Å². The number of rotatable bonds is 7. The van der Waals surface area contributed by atoms with E-state index in [0.717, 1.165) is 16.7 Å². The molecular weight excluding hydrogens is 410 g/mol. The highest BCUT2D eigenvalue weighted by Crippen LogP contribution is 2.31. The van der Waals surface area contributed by atoms with Gasteiger partial charge in [-0.25, -0.2) is 4.79 Å². The highest BCUT2D eigenvalue weighted by molar-refractivity contribution is 8.18. The number of pyridine rings is 1. The van der Waals surface area contributed by atoms with Crippen LogP contribution in [0.1, 0.15) is 23.2 Å². The zero-order valence-electron chi connectivity index (χ0n) is 16.1. The molecule has 0 radical (unpaired) electrons. The van der Waals surface area contributed by atoms with Crippen molar-refractivity contribution in [2.45, 2.75) is 19.8 Å². The van der Waals surface area contributed by atoms with Gasteiger partial charge < -0.3 is 10.3 Å². The number of nitrogens with one attached hydrogen (secondary N) is 3. The van der Waals surface area contributed by atoms with Crippen molar-refractivity contribution in [3.63, 3.8) is 0 Å². The Balaban J connectivity index is 1.50. The number of carbonyl (C=O) groups excluding carboxylic acids is 3. The molecule has 1 fully saturated rings. The summed E-state index contributed by atoms with van der Waals surface area (Å²) in [6, 6.07) is 3.50. The number of hydrogen-bond acceptors (Lipinski definition) is 7. The highest BCUT2D eigenvalue weighted by atomic mass is 32.2. The summed E-state index contributed by atoms with van der Waals surface area (Å²) in [5.74, 6) is -0.753. The molecule has 2 aromatic rings. The Morgan fingerprint density at radius 1 is 1.27 bits per heavy atom. The van der Waals surface area contributed by atoms with Gasteiger partial charge in [-0.2, -0.15) is 0 Å². The van der Waals surface area contributed by atoms with Crippen molar-refractivity contribution in [2.75, 3.05) is 13.1 Å². The summed E-state index contributed by atoms with van der Waals surface area (Å²) in [5.41, 5.74) is 0.331. The lowest BCUT2D eigenvalue weighted by atomic mass is 10.1. The topological polar surface area (TPSA) is 145 Å². The van der Waals surface area contributed by atoms with Crippen LogP contribution in [0.25, 0.3) is 6.08 Å². The van der Waals surface area contributed by atoms with E-state index in [1.807, 2.05) is 0 Å². The number of nitrogens with zero attached hydrogens (tertiary/aromatic N) is 2. The third-order valence-corrected chi connectivity index (χ3v) is 5.28. The second-order valence-electron chi connectivity index (χ2n) is 6.48. The molecule has 30 heavy (non-hydrogen) atoms. The average molecular weight is 429 g/mol. The summed E-state index contributed by atoms with van der Waals surface area (Å²) in [6.07, 6.45) is 4.97. The molecule has 1 aliphatic rings. The van der Waals surface area contributed by atoms with Gasteiger partial charge >= 0.3 is 5.69 Å². The molecular formula is C19H19N5O5S. The molecule has 0 aliphatic carbocycles. The largest absolute Gasteiger partial charge is 0.354 e. The van der Waals surface area contributed by atoms with Crippen LogP contribution in [0.3, 0.4) is 0 Å². The van der Waals surface area contributed by atoms with Crippen LogP contribution in [0, 0.1) is 6.92 Å². The minimum absolute atomic E-state index is 0.0266. The third-order valence-electron chi connectivity index (χ3n) is 4.37. The predicted molar refractivity (Wildman–Crippen MR) is 111 cm³/mol. The molecule has 3 amide bonds. The number of aromatic nitrogens is 3. The van der Waals surface area contributed by atoms with Crippen LogP contribution in [0.15, 0.2) is 39.0 Å². The normalized spacial score (nSPS) is 15.1. The Hall–Kier alpha value is -3.47. The van der Waals surface area contributed by atoms with Gasteiger partial charge in [0.05, 0.1) is 4.91 Å². The van der Waals surface area contributed by atoms with E-state index in [1.54, 1.807) is 37.5 Å². The zero-order valence-corrected chi connectivity index (χ0v) is 16.9. The van der Waals surface area contributed by atoms with Gasteiger partial charge in [-0.05, 0) is 42.8 Å². The summed E-state index contributed by atoms with van der Waals surface area (Å²) in [7, 11) is 0. The molecule has 3 N–H and O–H groups in total. The maximum absolute atomic E-state index is 12.4. The molecule has 1 saturated heterocycles. The van der Waals surface area contributed by atoms with Gasteiger partial charge in [0, 0.05) is 43.2 Å². The standard InChI is InChI=1S/C19H19N5O5S/c1-11-13(16(26)23-18(28)22-11)4-5-15(25)21-7-8-24-17(27)14(30-19(24)29)9-12-3-2-6-20-10-12/h2-3,6,9-10H,4-5,7-8H2,1H3,(H,21,25)(H2,22,23,26,28)/b14-9+. The van der Waals surface area contributed by atoms with E-state index >= 15 is 0 Å². The van der Waals surface area contributed by atoms with Crippen LogP contribution in [-0.2, 0) is 16.0 Å². The van der Waals surface area contributed by atoms with Crippen molar-refractivity contribution in [2.24, 2.45) is 0 Å². The second-order valence-corrected chi connectivity index (χ2v) is 7.47. The molecule has 156 valence electrons. The monoisotopic (exact) mass is 429 g/mol. The molecule has 1 aliphatic heterocycles. The van der Waals surface area contributed by atoms with Crippen molar-refractivity contribution in [1.82, 2.24) is 25.2 Å². The second kappa shape index (κ2) is 9.35.